The van der Waals surface area contributed by atoms with Crippen LogP contribution < -0.4 is 10.9 Å². The molecule has 0 bridgehead atoms. The summed E-state index contributed by atoms with van der Waals surface area (Å²) in [6.07, 6.45) is 3.47. The largest absolute Gasteiger partial charge is 0.462 e. The van der Waals surface area contributed by atoms with Gasteiger partial charge >= 0.3 is 5.97 Å². The van der Waals surface area contributed by atoms with Crippen LogP contribution in [-0.2, 0) is 28.8 Å². The SMILES string of the molecule is CCOC(=O)c1c(NC(=O)CSc2nc3c(c(=O)n2-c2ccc(Br)cc2)SCC3)sc2c1CCC2. The lowest BCUT2D eigenvalue weighted by Crippen LogP contribution is -2.24. The Hall–Kier alpha value is -2.08. The van der Waals surface area contributed by atoms with Crippen molar-refractivity contribution < 1.29 is 14.3 Å². The molecule has 2 aliphatic rings. The average Bonchev–Trinajstić information content (AvgIpc) is 3.55. The molecule has 0 unspecified atom stereocenters. The first-order valence-electron chi connectivity index (χ1n) is 11.2. The number of fused-ring (bicyclic) bond motifs is 2. The normalized spacial score (nSPS) is 14.0. The van der Waals surface area contributed by atoms with Gasteiger partial charge in [-0.15, -0.1) is 23.1 Å². The number of carbonyl (C=O) groups is 2. The molecule has 5 rings (SSSR count). The van der Waals surface area contributed by atoms with Crippen LogP contribution in [0.25, 0.3) is 5.69 Å². The van der Waals surface area contributed by atoms with E-state index in [0.29, 0.717) is 26.3 Å². The average molecular weight is 593 g/mol. The second-order valence-electron chi connectivity index (χ2n) is 8.00. The standard InChI is InChI=1S/C24H22BrN3O4S3/c1-2-32-23(31)19-15-4-3-5-17(15)35-21(19)27-18(29)12-34-24-26-16-10-11-33-20(16)22(30)28(24)14-8-6-13(25)7-9-14/h6-9H,2-5,10-12H2,1H3,(H,27,29). The molecule has 0 radical (unpaired) electrons. The van der Waals surface area contributed by atoms with Crippen LogP contribution in [0, 0.1) is 0 Å². The molecule has 2 aromatic heterocycles. The number of thioether (sulfide) groups is 2. The smallest absolute Gasteiger partial charge is 0.341 e. The number of hydrogen-bond acceptors (Lipinski definition) is 8. The lowest BCUT2D eigenvalue weighted by molar-refractivity contribution is -0.113. The highest BCUT2D eigenvalue weighted by Crippen LogP contribution is 2.39. The van der Waals surface area contributed by atoms with E-state index in [9.17, 15) is 14.4 Å². The predicted octanol–water partition coefficient (Wildman–Crippen LogP) is 5.10. The predicted molar refractivity (Wildman–Crippen MR) is 144 cm³/mol. The van der Waals surface area contributed by atoms with Crippen LogP contribution in [0.3, 0.4) is 0 Å². The number of carbonyl (C=O) groups excluding carboxylic acids is 2. The van der Waals surface area contributed by atoms with Gasteiger partial charge in [0, 0.05) is 21.5 Å². The number of nitrogens with one attached hydrogen (secondary N) is 1. The molecule has 1 aliphatic carbocycles. The fourth-order valence-electron chi connectivity index (χ4n) is 4.21. The Bertz CT molecular complexity index is 1370. The van der Waals surface area contributed by atoms with Crippen molar-refractivity contribution in [3.8, 4) is 5.69 Å². The van der Waals surface area contributed by atoms with Gasteiger partial charge in [-0.25, -0.2) is 9.78 Å². The van der Waals surface area contributed by atoms with E-state index in [1.807, 2.05) is 24.3 Å². The summed E-state index contributed by atoms with van der Waals surface area (Å²) in [5, 5.41) is 3.94. The summed E-state index contributed by atoms with van der Waals surface area (Å²) in [4.78, 5) is 45.4. The van der Waals surface area contributed by atoms with Crippen molar-refractivity contribution >= 4 is 67.7 Å². The first-order valence-corrected chi connectivity index (χ1v) is 14.8. The highest BCUT2D eigenvalue weighted by atomic mass is 79.9. The minimum Gasteiger partial charge on any atom is -0.462 e. The zero-order chi connectivity index (χ0) is 24.5. The molecule has 0 saturated carbocycles. The number of benzene rings is 1. The third-order valence-corrected chi connectivity index (χ3v) is 9.52. The fourth-order valence-corrected chi connectivity index (χ4v) is 7.62. The van der Waals surface area contributed by atoms with Crippen LogP contribution in [0.1, 0.15) is 39.8 Å². The van der Waals surface area contributed by atoms with Gasteiger partial charge in [0.05, 0.1) is 34.2 Å². The molecule has 0 spiro atoms. The molecular weight excluding hydrogens is 570 g/mol. The van der Waals surface area contributed by atoms with Crippen LogP contribution in [0.5, 0.6) is 0 Å². The highest BCUT2D eigenvalue weighted by Gasteiger charge is 2.29. The number of amides is 1. The molecule has 3 heterocycles. The van der Waals surface area contributed by atoms with Gasteiger partial charge in [0.25, 0.3) is 5.56 Å². The van der Waals surface area contributed by atoms with Crippen molar-refractivity contribution in [2.75, 3.05) is 23.4 Å². The van der Waals surface area contributed by atoms with Gasteiger partial charge < -0.3 is 10.1 Å². The maximum atomic E-state index is 13.3. The number of thiophene rings is 1. The van der Waals surface area contributed by atoms with E-state index in [1.165, 1.54) is 34.9 Å². The van der Waals surface area contributed by atoms with E-state index >= 15 is 0 Å². The zero-order valence-electron chi connectivity index (χ0n) is 18.9. The van der Waals surface area contributed by atoms with Crippen molar-refractivity contribution in [1.82, 2.24) is 9.55 Å². The van der Waals surface area contributed by atoms with Gasteiger partial charge in [-0.2, -0.15) is 0 Å². The van der Waals surface area contributed by atoms with E-state index in [1.54, 1.807) is 11.5 Å². The third-order valence-electron chi connectivity index (χ3n) is 5.74. The number of aryl methyl sites for hydroxylation is 2. The topological polar surface area (TPSA) is 90.3 Å². The molecular formula is C24H22BrN3O4S3. The van der Waals surface area contributed by atoms with Gasteiger partial charge in [-0.05, 0) is 56.0 Å². The first kappa shape index (κ1) is 24.6. The van der Waals surface area contributed by atoms with Crippen molar-refractivity contribution in [1.29, 1.82) is 0 Å². The van der Waals surface area contributed by atoms with Crippen LogP contribution in [0.15, 0.2) is 43.6 Å². The van der Waals surface area contributed by atoms with Crippen LogP contribution in [0.2, 0.25) is 0 Å². The van der Waals surface area contributed by atoms with Gasteiger partial charge in [-0.1, -0.05) is 27.7 Å². The Morgan fingerprint density at radius 3 is 2.80 bits per heavy atom. The molecule has 0 atom stereocenters. The Labute approximate surface area is 223 Å². The first-order chi connectivity index (χ1) is 17.0. The van der Waals surface area contributed by atoms with Crippen molar-refractivity contribution in [3.05, 3.63) is 60.8 Å². The molecule has 7 nitrogen and oxygen atoms in total. The Morgan fingerprint density at radius 2 is 2.03 bits per heavy atom. The second-order valence-corrected chi connectivity index (χ2v) is 12.1. The zero-order valence-corrected chi connectivity index (χ0v) is 22.9. The highest BCUT2D eigenvalue weighted by molar-refractivity contribution is 9.10. The molecule has 11 heteroatoms. The number of ether oxygens (including phenoxy) is 1. The number of nitrogens with zero attached hydrogens (tertiary/aromatic N) is 2. The summed E-state index contributed by atoms with van der Waals surface area (Å²) < 4.78 is 7.73. The molecule has 1 aromatic carbocycles. The second kappa shape index (κ2) is 10.5. The lowest BCUT2D eigenvalue weighted by atomic mass is 10.1. The van der Waals surface area contributed by atoms with E-state index in [-0.39, 0.29) is 23.8 Å². The number of rotatable bonds is 7. The minimum atomic E-state index is -0.392. The molecule has 1 aliphatic heterocycles. The van der Waals surface area contributed by atoms with Crippen LogP contribution in [0.4, 0.5) is 5.00 Å². The molecule has 0 saturated heterocycles. The van der Waals surface area contributed by atoms with Crippen molar-refractivity contribution in [2.24, 2.45) is 0 Å². The minimum absolute atomic E-state index is 0.0553. The lowest BCUT2D eigenvalue weighted by Gasteiger charge is -2.14. The van der Waals surface area contributed by atoms with E-state index < -0.39 is 5.97 Å². The summed E-state index contributed by atoms with van der Waals surface area (Å²) >= 11 is 7.62. The summed E-state index contributed by atoms with van der Waals surface area (Å²) in [5.41, 5.74) is 2.86. The van der Waals surface area contributed by atoms with Crippen LogP contribution >= 0.6 is 50.8 Å². The maximum absolute atomic E-state index is 13.3. The monoisotopic (exact) mass is 591 g/mol. The van der Waals surface area contributed by atoms with E-state index in [2.05, 4.69) is 21.2 Å². The summed E-state index contributed by atoms with van der Waals surface area (Å²) in [6, 6.07) is 7.44. The molecule has 1 N–H and O–H groups in total. The van der Waals surface area contributed by atoms with Gasteiger partial charge in [-0.3, -0.25) is 14.2 Å². The molecule has 3 aromatic rings. The number of hydrogen-bond donors (Lipinski definition) is 1. The van der Waals surface area contributed by atoms with Gasteiger partial charge in [0.2, 0.25) is 5.91 Å². The molecule has 35 heavy (non-hydrogen) atoms. The van der Waals surface area contributed by atoms with Gasteiger partial charge in [0.15, 0.2) is 5.16 Å². The Kier molecular flexibility index (Phi) is 7.38. The number of esters is 1. The molecule has 182 valence electrons. The quantitative estimate of drug-likeness (QED) is 0.232. The number of aromatic nitrogens is 2. The number of anilines is 1. The molecule has 0 fully saturated rings. The summed E-state index contributed by atoms with van der Waals surface area (Å²) in [5.74, 6) is 0.232. The molecule has 1 amide bonds. The summed E-state index contributed by atoms with van der Waals surface area (Å²) in [6.45, 7) is 2.05. The summed E-state index contributed by atoms with van der Waals surface area (Å²) in [7, 11) is 0. The van der Waals surface area contributed by atoms with E-state index in [4.69, 9.17) is 9.72 Å². The van der Waals surface area contributed by atoms with Crippen molar-refractivity contribution in [2.45, 2.75) is 42.7 Å². The Morgan fingerprint density at radius 1 is 1.23 bits per heavy atom. The number of halogens is 1. The Balaban J connectivity index is 1.39. The van der Waals surface area contributed by atoms with E-state index in [0.717, 1.165) is 52.0 Å². The van der Waals surface area contributed by atoms with Crippen LogP contribution in [-0.4, -0.2) is 39.5 Å². The van der Waals surface area contributed by atoms with Crippen molar-refractivity contribution in [3.63, 3.8) is 0 Å². The third kappa shape index (κ3) is 4.96. The maximum Gasteiger partial charge on any atom is 0.341 e. The van der Waals surface area contributed by atoms with Gasteiger partial charge in [0.1, 0.15) is 5.00 Å². The fraction of sp³-hybridized carbons (Fsp3) is 0.333.